The maximum Gasteiger partial charge on any atom is 0.225 e. The van der Waals surface area contributed by atoms with Crippen molar-refractivity contribution in [1.82, 2.24) is 4.90 Å². The van der Waals surface area contributed by atoms with Gasteiger partial charge >= 0.3 is 0 Å². The molecule has 3 rings (SSSR count). The lowest BCUT2D eigenvalue weighted by Crippen LogP contribution is -2.41. The van der Waals surface area contributed by atoms with Crippen LogP contribution in [-0.2, 0) is 9.53 Å². The molecule has 0 unspecified atom stereocenters. The van der Waals surface area contributed by atoms with Crippen LogP contribution in [0.1, 0.15) is 31.1 Å². The summed E-state index contributed by atoms with van der Waals surface area (Å²) >= 11 is 0. The van der Waals surface area contributed by atoms with Crippen LogP contribution < -0.4 is 0 Å². The summed E-state index contributed by atoms with van der Waals surface area (Å²) in [5.74, 6) is 0.239. The van der Waals surface area contributed by atoms with E-state index in [0.717, 1.165) is 18.4 Å². The molecular formula is C13H15NO2. The van der Waals surface area contributed by atoms with Crippen LogP contribution in [0.15, 0.2) is 30.3 Å². The first-order valence-electron chi connectivity index (χ1n) is 5.84. The normalized spacial score (nSPS) is 29.2. The van der Waals surface area contributed by atoms with Gasteiger partial charge in [0.2, 0.25) is 5.91 Å². The third-order valence-corrected chi connectivity index (χ3v) is 3.39. The van der Waals surface area contributed by atoms with E-state index in [1.807, 2.05) is 35.2 Å². The van der Waals surface area contributed by atoms with Gasteiger partial charge in [0.05, 0.1) is 12.6 Å². The molecule has 16 heavy (non-hydrogen) atoms. The summed E-state index contributed by atoms with van der Waals surface area (Å²) in [6, 6.07) is 10.3. The van der Waals surface area contributed by atoms with Gasteiger partial charge in [-0.3, -0.25) is 4.79 Å². The second kappa shape index (κ2) is 3.91. The maximum atomic E-state index is 11.9. The molecule has 2 saturated heterocycles. The number of hydrogen-bond donors (Lipinski definition) is 0. The highest BCUT2D eigenvalue weighted by atomic mass is 16.5. The summed E-state index contributed by atoms with van der Waals surface area (Å²) in [7, 11) is 0. The highest BCUT2D eigenvalue weighted by molar-refractivity contribution is 5.78. The Kier molecular flexibility index (Phi) is 2.40. The molecule has 0 bridgehead atoms. The first-order valence-corrected chi connectivity index (χ1v) is 5.84. The number of rotatable bonds is 1. The lowest BCUT2D eigenvalue weighted by molar-refractivity contribution is -0.140. The Labute approximate surface area is 95.0 Å². The third kappa shape index (κ3) is 1.52. The van der Waals surface area contributed by atoms with Crippen LogP contribution in [0.2, 0.25) is 0 Å². The van der Waals surface area contributed by atoms with E-state index in [2.05, 4.69) is 0 Å². The van der Waals surface area contributed by atoms with E-state index in [-0.39, 0.29) is 12.1 Å². The summed E-state index contributed by atoms with van der Waals surface area (Å²) in [4.78, 5) is 13.8. The van der Waals surface area contributed by atoms with Gasteiger partial charge in [-0.2, -0.15) is 0 Å². The van der Waals surface area contributed by atoms with Crippen LogP contribution in [0.5, 0.6) is 0 Å². The van der Waals surface area contributed by atoms with Gasteiger partial charge in [0.1, 0.15) is 0 Å². The van der Waals surface area contributed by atoms with E-state index in [1.54, 1.807) is 0 Å². The summed E-state index contributed by atoms with van der Waals surface area (Å²) < 4.78 is 5.76. The number of nitrogens with zero attached hydrogens (tertiary/aromatic N) is 1. The quantitative estimate of drug-likeness (QED) is 0.721. The Morgan fingerprint density at radius 2 is 2.06 bits per heavy atom. The van der Waals surface area contributed by atoms with Crippen LogP contribution in [0.25, 0.3) is 0 Å². The minimum Gasteiger partial charge on any atom is -0.352 e. The summed E-state index contributed by atoms with van der Waals surface area (Å²) in [6.07, 6.45) is 2.60. The third-order valence-electron chi connectivity index (χ3n) is 3.39. The van der Waals surface area contributed by atoms with Gasteiger partial charge in [-0.15, -0.1) is 0 Å². The number of fused-ring (bicyclic) bond motifs is 1. The molecule has 0 saturated carbocycles. The Morgan fingerprint density at radius 3 is 2.88 bits per heavy atom. The molecule has 1 aromatic carbocycles. The van der Waals surface area contributed by atoms with Gasteiger partial charge in [0.25, 0.3) is 0 Å². The van der Waals surface area contributed by atoms with Crippen molar-refractivity contribution < 1.29 is 9.53 Å². The number of piperidine rings is 1. The van der Waals surface area contributed by atoms with E-state index < -0.39 is 0 Å². The van der Waals surface area contributed by atoms with Crippen molar-refractivity contribution in [2.45, 2.75) is 31.5 Å². The van der Waals surface area contributed by atoms with E-state index in [4.69, 9.17) is 4.74 Å². The Balaban J connectivity index is 1.89. The molecule has 0 spiro atoms. The average molecular weight is 217 g/mol. The Bertz CT molecular complexity index is 390. The predicted octanol–water partition coefficient (Wildman–Crippen LogP) is 2.10. The molecule has 0 aliphatic carbocycles. The smallest absolute Gasteiger partial charge is 0.225 e. The van der Waals surface area contributed by atoms with Gasteiger partial charge in [0.15, 0.2) is 6.23 Å². The van der Waals surface area contributed by atoms with E-state index in [0.29, 0.717) is 19.1 Å². The Hall–Kier alpha value is -1.35. The van der Waals surface area contributed by atoms with Gasteiger partial charge in [0, 0.05) is 12.0 Å². The minimum absolute atomic E-state index is 0.154. The van der Waals surface area contributed by atoms with Crippen molar-refractivity contribution in [2.24, 2.45) is 0 Å². The molecule has 2 heterocycles. The monoisotopic (exact) mass is 217 g/mol. The largest absolute Gasteiger partial charge is 0.352 e. The molecule has 1 amide bonds. The fraction of sp³-hybridized carbons (Fsp3) is 0.462. The number of carbonyl (C=O) groups excluding carboxylic acids is 1. The zero-order chi connectivity index (χ0) is 11.0. The van der Waals surface area contributed by atoms with Crippen molar-refractivity contribution in [2.75, 3.05) is 6.61 Å². The molecule has 1 aromatic rings. The van der Waals surface area contributed by atoms with E-state index >= 15 is 0 Å². The summed E-state index contributed by atoms with van der Waals surface area (Å²) in [5.41, 5.74) is 1.08. The van der Waals surface area contributed by atoms with Crippen molar-refractivity contribution in [3.05, 3.63) is 35.9 Å². The SMILES string of the molecule is O=C1CCC[C@@H]2CO[C@@H](c3ccccc3)N12. The molecule has 0 aromatic heterocycles. The first-order chi connectivity index (χ1) is 7.86. The average Bonchev–Trinajstić information content (AvgIpc) is 2.75. The molecule has 2 atom stereocenters. The summed E-state index contributed by atoms with van der Waals surface area (Å²) in [5, 5.41) is 0. The number of benzene rings is 1. The van der Waals surface area contributed by atoms with E-state index in [1.165, 1.54) is 0 Å². The van der Waals surface area contributed by atoms with Gasteiger partial charge in [-0.1, -0.05) is 30.3 Å². The zero-order valence-corrected chi connectivity index (χ0v) is 9.13. The molecule has 2 aliphatic heterocycles. The molecular weight excluding hydrogens is 202 g/mol. The van der Waals surface area contributed by atoms with Crippen LogP contribution >= 0.6 is 0 Å². The highest BCUT2D eigenvalue weighted by Gasteiger charge is 2.40. The maximum absolute atomic E-state index is 11.9. The number of carbonyl (C=O) groups is 1. The van der Waals surface area contributed by atoms with Crippen molar-refractivity contribution in [3.63, 3.8) is 0 Å². The fourth-order valence-electron chi connectivity index (χ4n) is 2.60. The second-order valence-electron chi connectivity index (χ2n) is 4.44. The van der Waals surface area contributed by atoms with E-state index in [9.17, 15) is 4.79 Å². The molecule has 0 radical (unpaired) electrons. The fourth-order valence-corrected chi connectivity index (χ4v) is 2.60. The number of ether oxygens (including phenoxy) is 1. The molecule has 0 N–H and O–H groups in total. The Morgan fingerprint density at radius 1 is 1.25 bits per heavy atom. The van der Waals surface area contributed by atoms with Crippen molar-refractivity contribution >= 4 is 5.91 Å². The van der Waals surface area contributed by atoms with Crippen LogP contribution in [-0.4, -0.2) is 23.5 Å². The molecule has 3 heteroatoms. The number of hydrogen-bond acceptors (Lipinski definition) is 2. The molecule has 84 valence electrons. The van der Waals surface area contributed by atoms with Gasteiger partial charge in [-0.05, 0) is 12.8 Å². The van der Waals surface area contributed by atoms with Crippen molar-refractivity contribution in [1.29, 1.82) is 0 Å². The molecule has 3 nitrogen and oxygen atoms in total. The van der Waals surface area contributed by atoms with Crippen molar-refractivity contribution in [3.8, 4) is 0 Å². The highest BCUT2D eigenvalue weighted by Crippen LogP contribution is 2.35. The standard InChI is InChI=1S/C13H15NO2/c15-12-8-4-7-11-9-16-13(14(11)12)10-5-2-1-3-6-10/h1-3,5-6,11,13H,4,7-9H2/t11-,13+/m1/s1. The lowest BCUT2D eigenvalue weighted by Gasteiger charge is -2.32. The van der Waals surface area contributed by atoms with Crippen LogP contribution in [0.4, 0.5) is 0 Å². The predicted molar refractivity (Wildman–Crippen MR) is 59.6 cm³/mol. The minimum atomic E-state index is -0.154. The van der Waals surface area contributed by atoms with Gasteiger partial charge in [-0.25, -0.2) is 0 Å². The first kappa shape index (κ1) is 9.85. The number of amides is 1. The van der Waals surface area contributed by atoms with Gasteiger partial charge < -0.3 is 9.64 Å². The summed E-state index contributed by atoms with van der Waals surface area (Å²) in [6.45, 7) is 0.686. The lowest BCUT2D eigenvalue weighted by atomic mass is 10.0. The van der Waals surface area contributed by atoms with Crippen LogP contribution in [0, 0.1) is 0 Å². The topological polar surface area (TPSA) is 29.5 Å². The second-order valence-corrected chi connectivity index (χ2v) is 4.44. The molecule has 2 fully saturated rings. The van der Waals surface area contributed by atoms with Crippen LogP contribution in [0.3, 0.4) is 0 Å². The zero-order valence-electron chi connectivity index (χ0n) is 9.13. The molecule has 2 aliphatic rings.